The van der Waals surface area contributed by atoms with Crippen LogP contribution in [0.4, 0.5) is 0 Å². The molecule has 1 unspecified atom stereocenters. The quantitative estimate of drug-likeness (QED) is 0.234. The normalized spacial score (nSPS) is 9.43. The van der Waals surface area contributed by atoms with Crippen molar-refractivity contribution in [3.05, 3.63) is 0 Å². The van der Waals surface area contributed by atoms with Gasteiger partial charge in [-0.05, 0) is 0 Å². The molecule has 0 radical (unpaired) electrons. The molecule has 0 saturated carbocycles. The first-order valence-corrected chi connectivity index (χ1v) is 5.67. The van der Waals surface area contributed by atoms with Crippen LogP contribution in [0.3, 0.4) is 0 Å². The predicted molar refractivity (Wildman–Crippen MR) is 60.6 cm³/mol. The van der Waals surface area contributed by atoms with E-state index in [2.05, 4.69) is 0 Å². The Morgan fingerprint density at radius 1 is 0.714 bits per heavy atom. The van der Waals surface area contributed by atoms with E-state index in [0.29, 0.717) is 0 Å². The average Bonchev–Trinajstić information content (AvgIpc) is 2.23. The van der Waals surface area contributed by atoms with E-state index in [1.807, 2.05) is 0 Å². The maximum Gasteiger partial charge on any atom is 1.00 e. The number of rotatable bonds is 6. The first-order valence-electron chi connectivity index (χ1n) is 4.64. The number of carboxylic acid groups (broad SMARTS) is 4. The van der Waals surface area contributed by atoms with E-state index in [0.717, 1.165) is 0 Å². The second-order valence-electron chi connectivity index (χ2n) is 2.79. The molecule has 0 saturated heterocycles. The summed E-state index contributed by atoms with van der Waals surface area (Å²) in [4.78, 5) is 38.6. The monoisotopic (exact) mass is 340 g/mol. The number of carbonyl (C=O) groups is 4. The summed E-state index contributed by atoms with van der Waals surface area (Å²) in [5, 5.41) is 31.6. The van der Waals surface area contributed by atoms with Gasteiger partial charge in [0, 0.05) is 0 Å². The van der Waals surface area contributed by atoms with Crippen molar-refractivity contribution in [3.8, 4) is 0 Å². The van der Waals surface area contributed by atoms with Gasteiger partial charge in [-0.1, -0.05) is 0 Å². The summed E-state index contributed by atoms with van der Waals surface area (Å²) in [7, 11) is 0. The van der Waals surface area contributed by atoms with Gasteiger partial charge in [-0.2, -0.15) is 0 Å². The van der Waals surface area contributed by atoms with Crippen molar-refractivity contribution in [1.29, 1.82) is 0 Å². The molecule has 5 N–H and O–H groups in total. The number of hydrogen-bond acceptors (Lipinski definition) is 6. The van der Waals surface area contributed by atoms with Crippen LogP contribution in [0.2, 0.25) is 0 Å². The smallest absolute Gasteiger partial charge is 0.750 e. The predicted octanol–water partition coefficient (Wildman–Crippen LogP) is -3.79. The van der Waals surface area contributed by atoms with Gasteiger partial charge >= 0.3 is 53.4 Å². The van der Waals surface area contributed by atoms with Gasteiger partial charge in [-0.15, -0.1) is 0 Å². The average molecular weight is 340 g/mol. The van der Waals surface area contributed by atoms with Gasteiger partial charge in [-0.25, -0.2) is 4.21 Å². The topological polar surface area (TPSA) is 210 Å². The zero-order chi connectivity index (χ0) is 16.7. The van der Waals surface area contributed by atoms with E-state index in [1.54, 1.807) is 0 Å². The van der Waals surface area contributed by atoms with Crippen LogP contribution in [0.5, 0.6) is 0 Å². The summed E-state index contributed by atoms with van der Waals surface area (Å²) in [6.07, 6.45) is -1.19. The van der Waals surface area contributed by atoms with Gasteiger partial charge in [0.1, 0.15) is 0 Å². The molecule has 1 atom stereocenters. The van der Waals surface area contributed by atoms with Crippen molar-refractivity contribution in [3.63, 3.8) is 0 Å². The molecule has 0 aromatic heterocycles. The van der Waals surface area contributed by atoms with Crippen LogP contribution in [-0.4, -0.2) is 57.6 Å². The minimum atomic E-state index is -2.86. The molecule has 0 aliphatic heterocycles. The Labute approximate surface area is 143 Å². The summed E-state index contributed by atoms with van der Waals surface area (Å²) in [5.41, 5.74) is 0. The summed E-state index contributed by atoms with van der Waals surface area (Å²) in [6.45, 7) is 0. The van der Waals surface area contributed by atoms with E-state index >= 15 is 0 Å². The molecular weight excluding hydrogens is 327 g/mol. The maximum absolute atomic E-state index is 9.64. The van der Waals surface area contributed by atoms with E-state index < -0.39 is 35.2 Å². The second-order valence-corrected chi connectivity index (χ2v) is 3.23. The van der Waals surface area contributed by atoms with Gasteiger partial charge in [-0.3, -0.25) is 19.2 Å². The van der Waals surface area contributed by atoms with Crippen LogP contribution in [0, 0.1) is 0 Å². The van der Waals surface area contributed by atoms with Crippen LogP contribution in [0.25, 0.3) is 0 Å². The summed E-state index contributed by atoms with van der Waals surface area (Å²) < 4.78 is 24.1. The molecule has 0 fully saturated rings. The maximum atomic E-state index is 9.64. The molecule has 13 heteroatoms. The molecule has 0 bridgehead atoms. The van der Waals surface area contributed by atoms with Crippen LogP contribution in [-0.2, 0) is 30.5 Å². The van der Waals surface area contributed by atoms with Crippen LogP contribution in [0.1, 0.15) is 25.7 Å². The molecule has 0 aliphatic rings. The third kappa shape index (κ3) is 68.0. The fourth-order valence-electron chi connectivity index (χ4n) is 0.428. The third-order valence-electron chi connectivity index (χ3n) is 1.11. The zero-order valence-electron chi connectivity index (χ0n) is 10.9. The third-order valence-corrected chi connectivity index (χ3v) is 1.11. The molecule has 0 aromatic rings. The fourth-order valence-corrected chi connectivity index (χ4v) is 0.428. The molecule has 0 aromatic carbocycles. The van der Waals surface area contributed by atoms with E-state index in [1.165, 1.54) is 0 Å². The molecular formula is C8H13NaO11S. The molecule has 21 heavy (non-hydrogen) atoms. The Morgan fingerprint density at radius 2 is 0.810 bits per heavy atom. The van der Waals surface area contributed by atoms with Crippen molar-refractivity contribution in [2.45, 2.75) is 25.7 Å². The molecule has 0 aliphatic carbocycles. The Bertz CT molecular complexity index is 296. The van der Waals surface area contributed by atoms with E-state index in [4.69, 9.17) is 33.7 Å². The molecule has 0 amide bonds. The zero-order valence-corrected chi connectivity index (χ0v) is 13.7. The largest absolute Gasteiger partial charge is 1.00 e. The van der Waals surface area contributed by atoms with Gasteiger partial charge in [0.15, 0.2) is 0 Å². The fraction of sp³-hybridized carbons (Fsp3) is 0.500. The van der Waals surface area contributed by atoms with Gasteiger partial charge in [0.25, 0.3) is 0 Å². The van der Waals surface area contributed by atoms with Gasteiger partial charge in [0.2, 0.25) is 0 Å². The SMILES string of the molecule is O=C(O)CCC(=O)O.O=C(O)CCC(=O)O.O=S([O-])O.[Na+]. The van der Waals surface area contributed by atoms with Crippen molar-refractivity contribution in [1.82, 2.24) is 0 Å². The first-order chi connectivity index (χ1) is 8.98. The Hall–Kier alpha value is -1.05. The molecule has 0 heterocycles. The van der Waals surface area contributed by atoms with Crippen molar-refractivity contribution < 1.29 is 82.5 Å². The minimum Gasteiger partial charge on any atom is -0.750 e. The minimum absolute atomic E-state index is 0. The Kier molecular flexibility index (Phi) is 25.4. The number of aliphatic carboxylic acids is 4. The summed E-state index contributed by atoms with van der Waals surface area (Å²) in [5.74, 6) is -4.31. The number of carboxylic acids is 4. The first kappa shape index (κ1) is 28.2. The Morgan fingerprint density at radius 3 is 0.857 bits per heavy atom. The van der Waals surface area contributed by atoms with Gasteiger partial charge in [0.05, 0.1) is 37.0 Å². The van der Waals surface area contributed by atoms with Crippen molar-refractivity contribution in [2.24, 2.45) is 0 Å². The van der Waals surface area contributed by atoms with Crippen LogP contribution < -0.4 is 29.6 Å². The molecule has 118 valence electrons. The van der Waals surface area contributed by atoms with Crippen LogP contribution >= 0.6 is 0 Å². The van der Waals surface area contributed by atoms with Crippen molar-refractivity contribution in [2.75, 3.05) is 0 Å². The molecule has 11 nitrogen and oxygen atoms in total. The summed E-state index contributed by atoms with van der Waals surface area (Å²) in [6, 6.07) is 0. The Balaban J connectivity index is -0.000000107. The number of hydrogen-bond donors (Lipinski definition) is 5. The van der Waals surface area contributed by atoms with Crippen molar-refractivity contribution >= 4 is 35.2 Å². The molecule has 0 spiro atoms. The second kappa shape index (κ2) is 18.9. The van der Waals surface area contributed by atoms with E-state index in [-0.39, 0.29) is 55.2 Å². The summed E-state index contributed by atoms with van der Waals surface area (Å²) >= 11 is -2.86. The molecule has 0 rings (SSSR count). The standard InChI is InChI=1S/2C4H6O4.Na.H2O3S/c2*5-3(6)1-2-4(7)8;;1-4(2)3/h2*1-2H2,(H,5,6)(H,7,8);;(H2,1,2,3)/q;;+1;/p-1. The van der Waals surface area contributed by atoms with E-state index in [9.17, 15) is 19.2 Å². The van der Waals surface area contributed by atoms with Crippen LogP contribution in [0.15, 0.2) is 0 Å². The van der Waals surface area contributed by atoms with Gasteiger partial charge < -0.3 is 29.5 Å².